The highest BCUT2D eigenvalue weighted by molar-refractivity contribution is 5.77. The van der Waals surface area contributed by atoms with E-state index in [-0.39, 0.29) is 31.1 Å². The van der Waals surface area contributed by atoms with Gasteiger partial charge in [-0.25, -0.2) is 0 Å². The molecule has 0 rings (SSSR count). The third-order valence-electron chi connectivity index (χ3n) is 1.95. The second-order valence-electron chi connectivity index (χ2n) is 3.75. The second-order valence-corrected chi connectivity index (χ2v) is 3.75. The summed E-state index contributed by atoms with van der Waals surface area (Å²) in [5.41, 5.74) is 0. The van der Waals surface area contributed by atoms with E-state index < -0.39 is 11.9 Å². The molecule has 0 aliphatic rings. The highest BCUT2D eigenvalue weighted by Gasteiger charge is 2.12. The third kappa shape index (κ3) is 8.98. The SMILES string of the molecule is CC(CC(=O)O)CC(=O)NCCCC(=O)O. The van der Waals surface area contributed by atoms with Crippen LogP contribution in [0.1, 0.15) is 32.6 Å². The minimum atomic E-state index is -0.925. The molecule has 0 aliphatic heterocycles. The van der Waals surface area contributed by atoms with Crippen molar-refractivity contribution in [3.8, 4) is 0 Å². The van der Waals surface area contributed by atoms with Crippen LogP contribution in [0.25, 0.3) is 0 Å². The molecule has 3 N–H and O–H groups in total. The molecule has 0 fully saturated rings. The van der Waals surface area contributed by atoms with Crippen LogP contribution in [0.4, 0.5) is 0 Å². The van der Waals surface area contributed by atoms with Crippen LogP contribution in [0.3, 0.4) is 0 Å². The van der Waals surface area contributed by atoms with Crippen molar-refractivity contribution in [1.29, 1.82) is 0 Å². The molecule has 1 amide bonds. The molecule has 0 spiro atoms. The Labute approximate surface area is 93.6 Å². The Morgan fingerprint density at radius 3 is 2.25 bits per heavy atom. The van der Waals surface area contributed by atoms with Gasteiger partial charge in [0, 0.05) is 25.8 Å². The lowest BCUT2D eigenvalue weighted by Crippen LogP contribution is -2.26. The summed E-state index contributed by atoms with van der Waals surface area (Å²) in [5.74, 6) is -2.27. The van der Waals surface area contributed by atoms with Gasteiger partial charge in [-0.3, -0.25) is 14.4 Å². The van der Waals surface area contributed by atoms with Gasteiger partial charge in [0.15, 0.2) is 0 Å². The summed E-state index contributed by atoms with van der Waals surface area (Å²) in [7, 11) is 0. The Balaban J connectivity index is 3.58. The average molecular weight is 231 g/mol. The average Bonchev–Trinajstić information content (AvgIpc) is 2.10. The molecular weight excluding hydrogens is 214 g/mol. The lowest BCUT2D eigenvalue weighted by Gasteiger charge is -2.08. The number of carboxylic acids is 2. The molecule has 0 saturated carbocycles. The Kier molecular flexibility index (Phi) is 6.91. The molecule has 0 radical (unpaired) electrons. The highest BCUT2D eigenvalue weighted by atomic mass is 16.4. The van der Waals surface area contributed by atoms with Crippen molar-refractivity contribution in [3.05, 3.63) is 0 Å². The van der Waals surface area contributed by atoms with E-state index in [4.69, 9.17) is 10.2 Å². The Hall–Kier alpha value is -1.59. The van der Waals surface area contributed by atoms with Crippen molar-refractivity contribution in [2.45, 2.75) is 32.6 Å². The van der Waals surface area contributed by atoms with Gasteiger partial charge in [-0.1, -0.05) is 6.92 Å². The van der Waals surface area contributed by atoms with Gasteiger partial charge in [-0.2, -0.15) is 0 Å². The minimum absolute atomic E-state index is 0.0188. The zero-order valence-electron chi connectivity index (χ0n) is 9.23. The number of nitrogens with one attached hydrogen (secondary N) is 1. The van der Waals surface area contributed by atoms with Gasteiger partial charge in [-0.15, -0.1) is 0 Å². The molecule has 92 valence electrons. The number of amides is 1. The standard InChI is InChI=1S/C10H17NO5/c1-7(6-10(15)16)5-8(12)11-4-2-3-9(13)14/h7H,2-6H2,1H3,(H,11,12)(H,13,14)(H,15,16). The van der Waals surface area contributed by atoms with E-state index in [2.05, 4.69) is 5.32 Å². The highest BCUT2D eigenvalue weighted by Crippen LogP contribution is 2.06. The molecular formula is C10H17NO5. The van der Waals surface area contributed by atoms with Crippen molar-refractivity contribution in [3.63, 3.8) is 0 Å². The van der Waals surface area contributed by atoms with Crippen molar-refractivity contribution in [1.82, 2.24) is 5.32 Å². The van der Waals surface area contributed by atoms with Crippen molar-refractivity contribution in [2.75, 3.05) is 6.54 Å². The lowest BCUT2D eigenvalue weighted by molar-refractivity contribution is -0.139. The van der Waals surface area contributed by atoms with Gasteiger partial charge in [0.2, 0.25) is 5.91 Å². The van der Waals surface area contributed by atoms with Crippen LogP contribution >= 0.6 is 0 Å². The zero-order valence-corrected chi connectivity index (χ0v) is 9.23. The molecule has 0 aromatic carbocycles. The van der Waals surface area contributed by atoms with Crippen molar-refractivity contribution < 1.29 is 24.6 Å². The van der Waals surface area contributed by atoms with Gasteiger partial charge >= 0.3 is 11.9 Å². The Bertz CT molecular complexity index is 264. The van der Waals surface area contributed by atoms with Crippen molar-refractivity contribution >= 4 is 17.8 Å². The molecule has 6 nitrogen and oxygen atoms in total. The predicted molar refractivity (Wildman–Crippen MR) is 55.9 cm³/mol. The van der Waals surface area contributed by atoms with Crippen LogP contribution in [-0.2, 0) is 14.4 Å². The summed E-state index contributed by atoms with van der Waals surface area (Å²) in [6.07, 6.45) is 0.515. The van der Waals surface area contributed by atoms with Crippen LogP contribution in [0, 0.1) is 5.92 Å². The van der Waals surface area contributed by atoms with Gasteiger partial charge in [0.25, 0.3) is 0 Å². The fraction of sp³-hybridized carbons (Fsp3) is 0.700. The zero-order chi connectivity index (χ0) is 12.6. The fourth-order valence-corrected chi connectivity index (χ4v) is 1.23. The molecule has 1 atom stereocenters. The van der Waals surface area contributed by atoms with Gasteiger partial charge in [-0.05, 0) is 12.3 Å². The van der Waals surface area contributed by atoms with E-state index in [0.717, 1.165) is 0 Å². The number of carbonyl (C=O) groups is 3. The molecule has 0 heterocycles. The van der Waals surface area contributed by atoms with Crippen LogP contribution in [-0.4, -0.2) is 34.6 Å². The normalized spacial score (nSPS) is 11.8. The quantitative estimate of drug-likeness (QED) is 0.527. The first-order valence-corrected chi connectivity index (χ1v) is 5.12. The molecule has 6 heteroatoms. The molecule has 0 aromatic heterocycles. The van der Waals surface area contributed by atoms with E-state index in [1.807, 2.05) is 0 Å². The topological polar surface area (TPSA) is 104 Å². The summed E-state index contributed by atoms with van der Waals surface area (Å²) in [4.78, 5) is 31.7. The summed E-state index contributed by atoms with van der Waals surface area (Å²) < 4.78 is 0. The third-order valence-corrected chi connectivity index (χ3v) is 1.95. The summed E-state index contributed by atoms with van der Waals surface area (Å²) in [6, 6.07) is 0. The van der Waals surface area contributed by atoms with Gasteiger partial charge in [0.1, 0.15) is 0 Å². The van der Waals surface area contributed by atoms with E-state index >= 15 is 0 Å². The van der Waals surface area contributed by atoms with Crippen LogP contribution in [0.2, 0.25) is 0 Å². The maximum Gasteiger partial charge on any atom is 0.303 e. The molecule has 0 aliphatic carbocycles. The van der Waals surface area contributed by atoms with E-state index in [0.29, 0.717) is 13.0 Å². The lowest BCUT2D eigenvalue weighted by atomic mass is 10.0. The summed E-state index contributed by atoms with van der Waals surface area (Å²) in [5, 5.41) is 19.4. The largest absolute Gasteiger partial charge is 0.481 e. The maximum atomic E-state index is 11.2. The van der Waals surface area contributed by atoms with Crippen LogP contribution in [0.15, 0.2) is 0 Å². The number of aliphatic carboxylic acids is 2. The number of rotatable bonds is 8. The number of carboxylic acid groups (broad SMARTS) is 2. The van der Waals surface area contributed by atoms with Gasteiger partial charge in [0.05, 0.1) is 0 Å². The number of hydrogen-bond donors (Lipinski definition) is 3. The summed E-state index contributed by atoms with van der Waals surface area (Å²) >= 11 is 0. The monoisotopic (exact) mass is 231 g/mol. The van der Waals surface area contributed by atoms with Crippen molar-refractivity contribution in [2.24, 2.45) is 5.92 Å². The molecule has 16 heavy (non-hydrogen) atoms. The van der Waals surface area contributed by atoms with E-state index in [1.54, 1.807) is 6.92 Å². The van der Waals surface area contributed by atoms with E-state index in [9.17, 15) is 14.4 Å². The molecule has 1 unspecified atom stereocenters. The van der Waals surface area contributed by atoms with Gasteiger partial charge < -0.3 is 15.5 Å². The smallest absolute Gasteiger partial charge is 0.303 e. The second kappa shape index (κ2) is 7.67. The van der Waals surface area contributed by atoms with Crippen LogP contribution in [0.5, 0.6) is 0 Å². The minimum Gasteiger partial charge on any atom is -0.481 e. The first-order valence-electron chi connectivity index (χ1n) is 5.12. The van der Waals surface area contributed by atoms with Crippen LogP contribution < -0.4 is 5.32 Å². The molecule has 0 aromatic rings. The fourth-order valence-electron chi connectivity index (χ4n) is 1.23. The first-order chi connectivity index (χ1) is 7.41. The Morgan fingerprint density at radius 1 is 1.12 bits per heavy atom. The number of carbonyl (C=O) groups excluding carboxylic acids is 1. The summed E-state index contributed by atoms with van der Waals surface area (Å²) in [6.45, 7) is 2.00. The molecule has 0 saturated heterocycles. The number of hydrogen-bond acceptors (Lipinski definition) is 3. The maximum absolute atomic E-state index is 11.2. The Morgan fingerprint density at radius 2 is 1.75 bits per heavy atom. The predicted octanol–water partition coefficient (Wildman–Crippen LogP) is 0.468. The van der Waals surface area contributed by atoms with E-state index in [1.165, 1.54) is 0 Å². The molecule has 0 bridgehead atoms. The first kappa shape index (κ1) is 14.4.